The van der Waals surface area contributed by atoms with Crippen LogP contribution in [0, 0.1) is 29.1 Å². The maximum Gasteiger partial charge on any atom is 0.175 e. The average Bonchev–Trinajstić information content (AvgIpc) is 3.25. The molecule has 5 atom stereocenters. The molecule has 4 aliphatic carbocycles. The number of carbonyl (C=O) groups excluding carboxylic acids is 1. The normalized spacial score (nSPS) is 30.2. The number of rotatable bonds is 4. The second-order valence-electron chi connectivity index (χ2n) is 13.7. The Kier molecular flexibility index (Phi) is 7.50. The highest BCUT2D eigenvalue weighted by atomic mass is 32.2. The fourth-order valence-electron chi connectivity index (χ4n) is 8.37. The van der Waals surface area contributed by atoms with Gasteiger partial charge in [0, 0.05) is 48.3 Å². The zero-order valence-electron chi connectivity index (χ0n) is 26.0. The van der Waals surface area contributed by atoms with Crippen LogP contribution in [0.25, 0.3) is 0 Å². The van der Waals surface area contributed by atoms with Gasteiger partial charge in [0.1, 0.15) is 5.60 Å². The fourth-order valence-corrected chi connectivity index (χ4v) is 9.00. The van der Waals surface area contributed by atoms with Gasteiger partial charge in [0.2, 0.25) is 0 Å². The van der Waals surface area contributed by atoms with Crippen molar-refractivity contribution in [1.29, 1.82) is 0 Å². The Hall–Kier alpha value is -3.14. The van der Waals surface area contributed by atoms with Gasteiger partial charge in [-0.15, -0.1) is 0 Å². The number of carbonyl (C=O) groups is 1. The summed E-state index contributed by atoms with van der Waals surface area (Å²) in [6, 6.07) is 16.0. The lowest BCUT2D eigenvalue weighted by Gasteiger charge is -2.53. The highest BCUT2D eigenvalue weighted by Crippen LogP contribution is 2.66. The molecule has 0 amide bonds. The van der Waals surface area contributed by atoms with Crippen LogP contribution in [0.1, 0.15) is 82.8 Å². The van der Waals surface area contributed by atoms with E-state index in [1.165, 1.54) is 34.2 Å². The first-order valence-corrected chi connectivity index (χ1v) is 17.5. The Balaban J connectivity index is 1.41. The van der Waals surface area contributed by atoms with Crippen molar-refractivity contribution in [3.8, 4) is 11.8 Å². The summed E-state index contributed by atoms with van der Waals surface area (Å²) in [6.45, 7) is 6.63. The Morgan fingerprint density at radius 2 is 1.70 bits per heavy atom. The van der Waals surface area contributed by atoms with Gasteiger partial charge in [-0.2, -0.15) is 0 Å². The molecule has 2 aromatic rings. The molecule has 0 heterocycles. The monoisotopic (exact) mass is 597 g/mol. The summed E-state index contributed by atoms with van der Waals surface area (Å²) in [5, 5.41) is 12.3. The van der Waals surface area contributed by atoms with Gasteiger partial charge >= 0.3 is 0 Å². The van der Waals surface area contributed by atoms with E-state index < -0.39 is 20.9 Å². The minimum Gasteiger partial charge on any atom is -0.377 e. The van der Waals surface area contributed by atoms with E-state index in [1.807, 2.05) is 6.08 Å². The highest BCUT2D eigenvalue weighted by molar-refractivity contribution is 7.90. The quantitative estimate of drug-likeness (QED) is 0.401. The lowest BCUT2D eigenvalue weighted by molar-refractivity contribution is -0.114. The van der Waals surface area contributed by atoms with Gasteiger partial charge in [0.05, 0.1) is 4.90 Å². The summed E-state index contributed by atoms with van der Waals surface area (Å²) >= 11 is 0. The van der Waals surface area contributed by atoms with Crippen LogP contribution in [-0.2, 0) is 14.6 Å². The maximum absolute atomic E-state index is 12.4. The van der Waals surface area contributed by atoms with E-state index in [-0.39, 0.29) is 16.6 Å². The molecule has 5 nitrogen and oxygen atoms in total. The molecule has 0 saturated heterocycles. The number of hydrogen-bond acceptors (Lipinski definition) is 5. The summed E-state index contributed by atoms with van der Waals surface area (Å²) in [7, 11) is -1.16. The first-order valence-electron chi connectivity index (χ1n) is 15.7. The fraction of sp³-hybridized carbons (Fsp3) is 0.486. The summed E-state index contributed by atoms with van der Waals surface area (Å²) in [5.41, 5.74) is 5.73. The van der Waals surface area contributed by atoms with Gasteiger partial charge in [-0.1, -0.05) is 36.5 Å². The molecular weight excluding hydrogens is 554 g/mol. The van der Waals surface area contributed by atoms with Gasteiger partial charge in [0.15, 0.2) is 15.6 Å². The summed E-state index contributed by atoms with van der Waals surface area (Å²) in [5.74, 6) is 7.58. The lowest BCUT2D eigenvalue weighted by Crippen LogP contribution is -2.51. The molecule has 6 heteroatoms. The van der Waals surface area contributed by atoms with Crippen molar-refractivity contribution >= 4 is 21.3 Å². The van der Waals surface area contributed by atoms with Crippen LogP contribution in [0.3, 0.4) is 0 Å². The van der Waals surface area contributed by atoms with Crippen LogP contribution in [0.4, 0.5) is 5.69 Å². The molecule has 4 aliphatic rings. The first-order chi connectivity index (χ1) is 20.3. The molecule has 2 fully saturated rings. The van der Waals surface area contributed by atoms with Crippen LogP contribution in [0.2, 0.25) is 0 Å². The molecule has 1 N–H and O–H groups in total. The molecule has 0 radical (unpaired) electrons. The molecule has 0 bridgehead atoms. The predicted molar refractivity (Wildman–Crippen MR) is 172 cm³/mol. The number of allylic oxidation sites excluding steroid dienone is 4. The van der Waals surface area contributed by atoms with Crippen LogP contribution >= 0.6 is 0 Å². The van der Waals surface area contributed by atoms with Crippen molar-refractivity contribution in [1.82, 2.24) is 0 Å². The zero-order chi connectivity index (χ0) is 30.7. The maximum atomic E-state index is 12.4. The smallest absolute Gasteiger partial charge is 0.175 e. The summed E-state index contributed by atoms with van der Waals surface area (Å²) < 4.78 is 23.8. The number of benzene rings is 2. The SMILES string of the molecule is CC(C)N(C)c1ccc([C@H]2C[C@@]3(C)C(CC[C@@]3(O)C#Cc3ccc(S(C)(=O)=O)cc3)[C@@H]3CCC4=CC(=O)CCC4=C32)cc1. The van der Waals surface area contributed by atoms with Crippen LogP contribution in [0.15, 0.2) is 76.2 Å². The topological polar surface area (TPSA) is 74.7 Å². The van der Waals surface area contributed by atoms with Gasteiger partial charge < -0.3 is 10.0 Å². The second-order valence-corrected chi connectivity index (χ2v) is 15.8. The van der Waals surface area contributed by atoms with Gasteiger partial charge in [-0.3, -0.25) is 4.79 Å². The molecule has 226 valence electrons. The zero-order valence-corrected chi connectivity index (χ0v) is 26.8. The van der Waals surface area contributed by atoms with E-state index >= 15 is 0 Å². The number of anilines is 1. The van der Waals surface area contributed by atoms with E-state index in [2.05, 4.69) is 68.8 Å². The predicted octanol–water partition coefficient (Wildman–Crippen LogP) is 6.62. The minimum atomic E-state index is -3.28. The van der Waals surface area contributed by atoms with E-state index in [1.54, 1.807) is 24.3 Å². The Morgan fingerprint density at radius 1 is 1.00 bits per heavy atom. The Labute approximate surface area is 257 Å². The molecule has 1 unspecified atom stereocenters. The second kappa shape index (κ2) is 10.8. The van der Waals surface area contributed by atoms with Crippen molar-refractivity contribution < 1.29 is 18.3 Å². The molecule has 0 aliphatic heterocycles. The Morgan fingerprint density at radius 3 is 2.35 bits per heavy atom. The molecule has 2 aromatic carbocycles. The van der Waals surface area contributed by atoms with Crippen molar-refractivity contribution in [3.63, 3.8) is 0 Å². The molecule has 2 saturated carbocycles. The van der Waals surface area contributed by atoms with Crippen molar-refractivity contribution in [3.05, 3.63) is 82.5 Å². The number of aliphatic hydroxyl groups is 1. The first kappa shape index (κ1) is 29.9. The summed E-state index contributed by atoms with van der Waals surface area (Å²) in [6.07, 6.45) is 8.75. The largest absolute Gasteiger partial charge is 0.377 e. The summed E-state index contributed by atoms with van der Waals surface area (Å²) in [4.78, 5) is 14.9. The Bertz CT molecular complexity index is 1670. The molecule has 0 spiro atoms. The van der Waals surface area contributed by atoms with Gasteiger partial charge in [0.25, 0.3) is 0 Å². The third-order valence-electron chi connectivity index (χ3n) is 11.1. The lowest BCUT2D eigenvalue weighted by atomic mass is 9.51. The number of ketones is 1. The van der Waals surface area contributed by atoms with E-state index in [9.17, 15) is 18.3 Å². The number of fused-ring (bicyclic) bond motifs is 4. The molecule has 0 aromatic heterocycles. The number of nitrogens with zero attached hydrogens (tertiary/aromatic N) is 1. The third-order valence-corrected chi connectivity index (χ3v) is 12.2. The molecule has 6 rings (SSSR count). The molecule has 43 heavy (non-hydrogen) atoms. The standard InChI is InChI=1S/C37H43NO4S/c1-24(2)38(4)28-11-8-26(9-12-28)33-23-36(3)34(32-16-10-27-22-29(39)13-17-31(27)35(32)33)19-21-37(36,40)20-18-25-6-14-30(15-7-25)43(5,41)42/h6-9,11-12,14-15,22,24,32-34,40H,10,13,16-17,19,21,23H2,1-5H3/t32-,33+,34?,36-,37-/m0/s1. The van der Waals surface area contributed by atoms with E-state index in [0.29, 0.717) is 36.3 Å². The van der Waals surface area contributed by atoms with E-state index in [0.717, 1.165) is 32.1 Å². The van der Waals surface area contributed by atoms with Crippen LogP contribution in [-0.4, -0.2) is 44.3 Å². The molecular formula is C37H43NO4S. The van der Waals surface area contributed by atoms with Gasteiger partial charge in [-0.05, 0) is 123 Å². The number of sulfone groups is 1. The average molecular weight is 598 g/mol. The van der Waals surface area contributed by atoms with Gasteiger partial charge in [-0.25, -0.2) is 8.42 Å². The third kappa shape index (κ3) is 5.19. The van der Waals surface area contributed by atoms with Crippen molar-refractivity contribution in [2.45, 2.75) is 88.2 Å². The van der Waals surface area contributed by atoms with E-state index in [4.69, 9.17) is 0 Å². The highest BCUT2D eigenvalue weighted by Gasteiger charge is 2.62. The minimum absolute atomic E-state index is 0.150. The van der Waals surface area contributed by atoms with Crippen LogP contribution in [0.5, 0.6) is 0 Å². The van der Waals surface area contributed by atoms with Crippen molar-refractivity contribution in [2.75, 3.05) is 18.2 Å². The number of hydrogen-bond donors (Lipinski definition) is 1. The van der Waals surface area contributed by atoms with Crippen LogP contribution < -0.4 is 4.90 Å². The van der Waals surface area contributed by atoms with Crippen molar-refractivity contribution in [2.24, 2.45) is 17.3 Å².